The van der Waals surface area contributed by atoms with E-state index < -0.39 is 51.1 Å². The molecule has 0 radical (unpaired) electrons. The minimum Gasteiger partial charge on any atom is -0.611 e. The predicted molar refractivity (Wildman–Crippen MR) is 99.2 cm³/mol. The first kappa shape index (κ1) is 24.7. The molecule has 0 aliphatic carbocycles. The molecule has 32 heavy (non-hydrogen) atoms. The average molecular weight is 487 g/mol. The van der Waals surface area contributed by atoms with E-state index in [9.17, 15) is 39.7 Å². The lowest BCUT2D eigenvalue weighted by Gasteiger charge is -2.37. The van der Waals surface area contributed by atoms with Crippen LogP contribution in [0.2, 0.25) is 0 Å². The van der Waals surface area contributed by atoms with Crippen LogP contribution in [0.3, 0.4) is 0 Å². The monoisotopic (exact) mass is 487 g/mol. The minimum absolute atomic E-state index is 0.0176. The standard InChI is InChI=1S/C20H17F8NO2S/c1-31-18(19(23,24)25,20(26,27)28)15-7-2-12(10-16(15)22)17(8-9-29-11-17)32(30)14-5-3-13(21)4-6-14/h2-7,10,29H,8-9,11H2,1H3/t17-,32?/m0/s1. The van der Waals surface area contributed by atoms with Crippen molar-refractivity contribution in [3.8, 4) is 0 Å². The first-order valence-corrected chi connectivity index (χ1v) is 10.3. The number of methoxy groups -OCH3 is 1. The van der Waals surface area contributed by atoms with Gasteiger partial charge in [-0.1, -0.05) is 12.1 Å². The van der Waals surface area contributed by atoms with Gasteiger partial charge in [0.1, 0.15) is 11.6 Å². The zero-order valence-electron chi connectivity index (χ0n) is 16.4. The first-order valence-electron chi connectivity index (χ1n) is 9.17. The molecule has 176 valence electrons. The second-order valence-electron chi connectivity index (χ2n) is 7.22. The van der Waals surface area contributed by atoms with Gasteiger partial charge in [-0.15, -0.1) is 0 Å². The molecule has 0 bridgehead atoms. The van der Waals surface area contributed by atoms with Gasteiger partial charge in [-0.25, -0.2) is 8.78 Å². The molecule has 0 amide bonds. The molecule has 2 aromatic carbocycles. The fourth-order valence-corrected chi connectivity index (χ4v) is 5.55. The smallest absolute Gasteiger partial charge is 0.430 e. The van der Waals surface area contributed by atoms with E-state index in [1.165, 1.54) is 12.1 Å². The molecule has 1 heterocycles. The van der Waals surface area contributed by atoms with E-state index in [1.807, 2.05) is 0 Å². The Kier molecular flexibility index (Phi) is 6.55. The number of alkyl halides is 6. The van der Waals surface area contributed by atoms with Gasteiger partial charge in [0, 0.05) is 31.2 Å². The van der Waals surface area contributed by atoms with Crippen LogP contribution in [0.4, 0.5) is 35.1 Å². The van der Waals surface area contributed by atoms with Crippen LogP contribution in [0.25, 0.3) is 0 Å². The highest BCUT2D eigenvalue weighted by Gasteiger charge is 2.74. The Labute approximate surface area is 180 Å². The summed E-state index contributed by atoms with van der Waals surface area (Å²) in [6.45, 7) is 0.340. The summed E-state index contributed by atoms with van der Waals surface area (Å²) in [5.41, 5.74) is -6.68. The van der Waals surface area contributed by atoms with Gasteiger partial charge in [0.2, 0.25) is 0 Å². The van der Waals surface area contributed by atoms with Gasteiger partial charge < -0.3 is 14.6 Å². The van der Waals surface area contributed by atoms with Gasteiger partial charge in [-0.2, -0.15) is 26.3 Å². The number of rotatable bonds is 5. The summed E-state index contributed by atoms with van der Waals surface area (Å²) in [6, 6.07) is 6.39. The molecule has 1 aliphatic heterocycles. The van der Waals surface area contributed by atoms with Crippen LogP contribution in [0.15, 0.2) is 47.4 Å². The molecule has 0 saturated carbocycles. The number of hydrogen-bond acceptors (Lipinski definition) is 3. The van der Waals surface area contributed by atoms with Crippen molar-refractivity contribution < 1.29 is 44.4 Å². The van der Waals surface area contributed by atoms with Crippen LogP contribution in [0.1, 0.15) is 17.5 Å². The third-order valence-corrected chi connectivity index (χ3v) is 7.47. The summed E-state index contributed by atoms with van der Waals surface area (Å²) in [5, 5.41) is 2.92. The zero-order valence-corrected chi connectivity index (χ0v) is 17.2. The normalized spacial score (nSPS) is 21.1. The molecule has 1 N–H and O–H groups in total. The highest BCUT2D eigenvalue weighted by molar-refractivity contribution is 7.92. The van der Waals surface area contributed by atoms with Crippen molar-refractivity contribution in [2.24, 2.45) is 0 Å². The van der Waals surface area contributed by atoms with Gasteiger partial charge >= 0.3 is 12.4 Å². The van der Waals surface area contributed by atoms with Gasteiger partial charge in [-0.3, -0.25) is 0 Å². The van der Waals surface area contributed by atoms with E-state index in [0.29, 0.717) is 18.7 Å². The molecule has 1 unspecified atom stereocenters. The van der Waals surface area contributed by atoms with Crippen LogP contribution in [-0.4, -0.2) is 37.1 Å². The molecule has 2 aromatic rings. The highest BCUT2D eigenvalue weighted by Crippen LogP contribution is 2.53. The summed E-state index contributed by atoms with van der Waals surface area (Å²) in [5.74, 6) is -2.39. The molecule has 0 aromatic heterocycles. The van der Waals surface area contributed by atoms with Crippen molar-refractivity contribution in [1.82, 2.24) is 5.32 Å². The summed E-state index contributed by atoms with van der Waals surface area (Å²) < 4.78 is 125. The molecule has 1 fully saturated rings. The maximum atomic E-state index is 14.9. The van der Waals surface area contributed by atoms with Crippen molar-refractivity contribution >= 4 is 11.2 Å². The van der Waals surface area contributed by atoms with E-state index in [1.54, 1.807) is 0 Å². The molecule has 2 atom stereocenters. The third kappa shape index (κ3) is 3.87. The second-order valence-corrected chi connectivity index (χ2v) is 9.01. The van der Waals surface area contributed by atoms with Crippen molar-refractivity contribution in [3.63, 3.8) is 0 Å². The zero-order chi connectivity index (χ0) is 23.9. The Morgan fingerprint density at radius 1 is 0.969 bits per heavy atom. The van der Waals surface area contributed by atoms with Gasteiger partial charge in [0.05, 0.1) is 6.54 Å². The predicted octanol–water partition coefficient (Wildman–Crippen LogP) is 4.93. The van der Waals surface area contributed by atoms with E-state index in [4.69, 9.17) is 0 Å². The molecule has 12 heteroatoms. The molecular formula is C20H17F8NO2S. The largest absolute Gasteiger partial charge is 0.611 e. The number of nitrogens with one attached hydrogen (secondary N) is 1. The Morgan fingerprint density at radius 3 is 2.00 bits per heavy atom. The second kappa shape index (κ2) is 8.47. The van der Waals surface area contributed by atoms with Gasteiger partial charge in [0.15, 0.2) is 9.64 Å². The lowest BCUT2D eigenvalue weighted by molar-refractivity contribution is -0.384. The maximum absolute atomic E-state index is 14.9. The average Bonchev–Trinajstić information content (AvgIpc) is 3.19. The fourth-order valence-electron chi connectivity index (χ4n) is 3.86. The number of benzene rings is 2. The molecular weight excluding hydrogens is 470 g/mol. The Hall–Kier alpha value is -1.89. The van der Waals surface area contributed by atoms with E-state index in [2.05, 4.69) is 10.1 Å². The third-order valence-electron chi connectivity index (χ3n) is 5.48. The molecule has 1 saturated heterocycles. The van der Waals surface area contributed by atoms with E-state index in [0.717, 1.165) is 18.2 Å². The summed E-state index contributed by atoms with van der Waals surface area (Å²) in [6.07, 6.45) is -11.9. The SMILES string of the molecule is COC(c1ccc([C@]2([S+]([O-])c3ccc(F)cc3)CCNC2)cc1F)(C(F)(F)F)C(F)(F)F. The van der Waals surface area contributed by atoms with Crippen molar-refractivity contribution in [3.05, 3.63) is 65.2 Å². The molecule has 3 nitrogen and oxygen atoms in total. The summed E-state index contributed by atoms with van der Waals surface area (Å²) in [4.78, 5) is 0.177. The maximum Gasteiger partial charge on any atom is 0.430 e. The first-order chi connectivity index (χ1) is 14.8. The molecule has 0 spiro atoms. The number of ether oxygens (including phenoxy) is 1. The fraction of sp³-hybridized carbons (Fsp3) is 0.400. The van der Waals surface area contributed by atoms with E-state index in [-0.39, 0.29) is 30.5 Å². The summed E-state index contributed by atoms with van der Waals surface area (Å²) >= 11 is -1.92. The number of hydrogen-bond donors (Lipinski definition) is 1. The highest BCUT2D eigenvalue weighted by atomic mass is 32.2. The Morgan fingerprint density at radius 2 is 1.56 bits per heavy atom. The topological polar surface area (TPSA) is 44.3 Å². The minimum atomic E-state index is -6.01. The number of halogens is 8. The van der Waals surface area contributed by atoms with Crippen LogP contribution in [-0.2, 0) is 26.3 Å². The van der Waals surface area contributed by atoms with Gasteiger partial charge in [-0.05, 0) is 41.5 Å². The van der Waals surface area contributed by atoms with Crippen LogP contribution in [0, 0.1) is 11.6 Å². The lowest BCUT2D eigenvalue weighted by Crippen LogP contribution is -2.56. The van der Waals surface area contributed by atoms with Crippen molar-refractivity contribution in [2.45, 2.75) is 34.0 Å². The molecule has 1 aliphatic rings. The Bertz CT molecular complexity index is 942. The van der Waals surface area contributed by atoms with Crippen LogP contribution in [0.5, 0.6) is 0 Å². The Balaban J connectivity index is 2.13. The van der Waals surface area contributed by atoms with E-state index >= 15 is 0 Å². The summed E-state index contributed by atoms with van der Waals surface area (Å²) in [7, 11) is 0.195. The lowest BCUT2D eigenvalue weighted by atomic mass is 9.88. The van der Waals surface area contributed by atoms with Crippen molar-refractivity contribution in [1.29, 1.82) is 0 Å². The van der Waals surface area contributed by atoms with Gasteiger partial charge in [0.25, 0.3) is 5.60 Å². The van der Waals surface area contributed by atoms with Crippen LogP contribution >= 0.6 is 0 Å². The molecule has 3 rings (SSSR count). The van der Waals surface area contributed by atoms with Crippen molar-refractivity contribution in [2.75, 3.05) is 20.2 Å². The quantitative estimate of drug-likeness (QED) is 0.481. The van der Waals surface area contributed by atoms with Crippen LogP contribution < -0.4 is 5.32 Å².